The van der Waals surface area contributed by atoms with Gasteiger partial charge in [0.25, 0.3) is 0 Å². The van der Waals surface area contributed by atoms with Crippen molar-refractivity contribution >= 4 is 17.3 Å². The molecule has 1 saturated carbocycles. The van der Waals surface area contributed by atoms with Gasteiger partial charge in [0.2, 0.25) is 5.91 Å². The molecule has 4 nitrogen and oxygen atoms in total. The standard InChI is InChI=1S/C11H12N2O2/c12-7-2-1-3-8-9(7)15-6-11(4-5-11)10(14)13-8/h1-3H,4-6,12H2,(H,13,14). The Hall–Kier alpha value is -1.71. The maximum Gasteiger partial charge on any atom is 0.234 e. The van der Waals surface area contributed by atoms with Gasteiger partial charge in [0.1, 0.15) is 6.61 Å². The van der Waals surface area contributed by atoms with E-state index < -0.39 is 0 Å². The predicted octanol–water partition coefficient (Wildman–Crippen LogP) is 1.38. The first kappa shape index (κ1) is 8.59. The van der Waals surface area contributed by atoms with Crippen LogP contribution in [-0.4, -0.2) is 12.5 Å². The van der Waals surface area contributed by atoms with Crippen molar-refractivity contribution < 1.29 is 9.53 Å². The highest BCUT2D eigenvalue weighted by atomic mass is 16.5. The van der Waals surface area contributed by atoms with Crippen LogP contribution in [0.15, 0.2) is 18.2 Å². The van der Waals surface area contributed by atoms with Crippen LogP contribution in [0.25, 0.3) is 0 Å². The maximum absolute atomic E-state index is 11.8. The van der Waals surface area contributed by atoms with Crippen molar-refractivity contribution in [1.29, 1.82) is 0 Å². The van der Waals surface area contributed by atoms with E-state index in [1.54, 1.807) is 6.07 Å². The van der Waals surface area contributed by atoms with Gasteiger partial charge >= 0.3 is 0 Å². The van der Waals surface area contributed by atoms with Gasteiger partial charge in [0.05, 0.1) is 16.8 Å². The Kier molecular flexibility index (Phi) is 1.52. The smallest absolute Gasteiger partial charge is 0.234 e. The fourth-order valence-electron chi connectivity index (χ4n) is 1.87. The predicted molar refractivity (Wildman–Crippen MR) is 56.6 cm³/mol. The van der Waals surface area contributed by atoms with Crippen LogP contribution in [0, 0.1) is 5.41 Å². The highest BCUT2D eigenvalue weighted by molar-refractivity contribution is 6.00. The lowest BCUT2D eigenvalue weighted by Crippen LogP contribution is -2.26. The van der Waals surface area contributed by atoms with E-state index in [1.165, 1.54) is 0 Å². The number of amides is 1. The lowest BCUT2D eigenvalue weighted by molar-refractivity contribution is -0.121. The molecule has 0 bridgehead atoms. The number of anilines is 2. The average Bonchev–Trinajstić information content (AvgIpc) is 2.98. The first-order valence-corrected chi connectivity index (χ1v) is 5.04. The Labute approximate surface area is 87.4 Å². The molecule has 3 rings (SSSR count). The summed E-state index contributed by atoms with van der Waals surface area (Å²) in [5.74, 6) is 0.668. The molecule has 1 heterocycles. The number of hydrogen-bond donors (Lipinski definition) is 2. The molecule has 15 heavy (non-hydrogen) atoms. The van der Waals surface area contributed by atoms with Gasteiger partial charge in [-0.2, -0.15) is 0 Å². The fourth-order valence-corrected chi connectivity index (χ4v) is 1.87. The lowest BCUT2D eigenvalue weighted by Gasteiger charge is -2.09. The molecule has 4 heteroatoms. The Morgan fingerprint density at radius 3 is 2.93 bits per heavy atom. The monoisotopic (exact) mass is 204 g/mol. The van der Waals surface area contributed by atoms with Gasteiger partial charge in [-0.25, -0.2) is 0 Å². The van der Waals surface area contributed by atoms with Crippen molar-refractivity contribution in [3.63, 3.8) is 0 Å². The van der Waals surface area contributed by atoms with Crippen LogP contribution >= 0.6 is 0 Å². The normalized spacial score (nSPS) is 21.2. The topological polar surface area (TPSA) is 64.3 Å². The van der Waals surface area contributed by atoms with Crippen molar-refractivity contribution in [3.05, 3.63) is 18.2 Å². The zero-order valence-corrected chi connectivity index (χ0v) is 8.25. The van der Waals surface area contributed by atoms with Gasteiger partial charge in [0.15, 0.2) is 5.75 Å². The number of nitrogen functional groups attached to an aromatic ring is 1. The molecule has 78 valence electrons. The molecule has 1 amide bonds. The SMILES string of the molecule is Nc1cccc2c1OCC1(CC1)C(=O)N2. The summed E-state index contributed by atoms with van der Waals surface area (Å²) in [7, 11) is 0. The van der Waals surface area contributed by atoms with Crippen molar-refractivity contribution in [2.24, 2.45) is 5.41 Å². The number of fused-ring (bicyclic) bond motifs is 1. The molecular formula is C11H12N2O2. The molecule has 0 atom stereocenters. The number of rotatable bonds is 0. The van der Waals surface area contributed by atoms with E-state index in [4.69, 9.17) is 10.5 Å². The molecule has 2 aliphatic rings. The van der Waals surface area contributed by atoms with E-state index in [2.05, 4.69) is 5.32 Å². The van der Waals surface area contributed by atoms with Gasteiger partial charge in [-0.1, -0.05) is 6.07 Å². The Bertz CT molecular complexity index is 438. The molecule has 1 aromatic rings. The number of ether oxygens (including phenoxy) is 1. The average molecular weight is 204 g/mol. The molecule has 1 spiro atoms. The Balaban J connectivity index is 2.04. The summed E-state index contributed by atoms with van der Waals surface area (Å²) in [5.41, 5.74) is 6.76. The summed E-state index contributed by atoms with van der Waals surface area (Å²) in [6.45, 7) is 0.444. The third-order valence-electron chi connectivity index (χ3n) is 3.12. The van der Waals surface area contributed by atoms with Crippen LogP contribution in [0.3, 0.4) is 0 Å². The van der Waals surface area contributed by atoms with Crippen LogP contribution in [0.4, 0.5) is 11.4 Å². The Morgan fingerprint density at radius 1 is 1.40 bits per heavy atom. The van der Waals surface area contributed by atoms with E-state index >= 15 is 0 Å². The van der Waals surface area contributed by atoms with Crippen LogP contribution in [-0.2, 0) is 4.79 Å². The first-order valence-electron chi connectivity index (χ1n) is 5.04. The second kappa shape index (κ2) is 2.66. The van der Waals surface area contributed by atoms with Gasteiger partial charge in [-0.15, -0.1) is 0 Å². The molecule has 0 radical (unpaired) electrons. The van der Waals surface area contributed by atoms with Gasteiger partial charge in [-0.3, -0.25) is 4.79 Å². The number of para-hydroxylation sites is 1. The van der Waals surface area contributed by atoms with Gasteiger partial charge in [0, 0.05) is 0 Å². The molecule has 0 aromatic heterocycles. The van der Waals surface area contributed by atoms with Gasteiger partial charge in [-0.05, 0) is 25.0 Å². The summed E-state index contributed by atoms with van der Waals surface area (Å²) in [6.07, 6.45) is 1.82. The van der Waals surface area contributed by atoms with E-state index in [0.29, 0.717) is 23.7 Å². The first-order chi connectivity index (χ1) is 7.21. The van der Waals surface area contributed by atoms with Crippen LogP contribution in [0.5, 0.6) is 5.75 Å². The molecule has 1 aliphatic heterocycles. The van der Waals surface area contributed by atoms with Gasteiger partial charge < -0.3 is 15.8 Å². The number of nitrogens with one attached hydrogen (secondary N) is 1. The van der Waals surface area contributed by atoms with Crippen molar-refractivity contribution in [2.75, 3.05) is 17.7 Å². The zero-order chi connectivity index (χ0) is 10.5. The lowest BCUT2D eigenvalue weighted by atomic mass is 10.1. The van der Waals surface area contributed by atoms with E-state index in [0.717, 1.165) is 12.8 Å². The van der Waals surface area contributed by atoms with Crippen LogP contribution < -0.4 is 15.8 Å². The summed E-state index contributed by atoms with van der Waals surface area (Å²) < 4.78 is 5.62. The number of hydrogen-bond acceptors (Lipinski definition) is 3. The summed E-state index contributed by atoms with van der Waals surface area (Å²) in [5, 5.41) is 2.87. The minimum absolute atomic E-state index is 0.0619. The largest absolute Gasteiger partial charge is 0.488 e. The van der Waals surface area contributed by atoms with Crippen LogP contribution in [0.2, 0.25) is 0 Å². The van der Waals surface area contributed by atoms with E-state index in [1.807, 2.05) is 12.1 Å². The molecular weight excluding hydrogens is 192 g/mol. The number of carbonyl (C=O) groups excluding carboxylic acids is 1. The molecule has 1 fully saturated rings. The second-order valence-corrected chi connectivity index (χ2v) is 4.25. The third kappa shape index (κ3) is 1.17. The highest BCUT2D eigenvalue weighted by Crippen LogP contribution is 2.49. The minimum Gasteiger partial charge on any atom is -0.488 e. The van der Waals surface area contributed by atoms with Crippen molar-refractivity contribution in [3.8, 4) is 5.75 Å². The molecule has 3 N–H and O–H groups in total. The summed E-state index contributed by atoms with van der Waals surface area (Å²) in [4.78, 5) is 11.8. The molecule has 0 saturated heterocycles. The van der Waals surface area contributed by atoms with E-state index in [9.17, 15) is 4.79 Å². The fraction of sp³-hybridized carbons (Fsp3) is 0.364. The highest BCUT2D eigenvalue weighted by Gasteiger charge is 2.52. The number of carbonyl (C=O) groups is 1. The van der Waals surface area contributed by atoms with Crippen LogP contribution in [0.1, 0.15) is 12.8 Å². The third-order valence-corrected chi connectivity index (χ3v) is 3.12. The number of nitrogens with two attached hydrogens (primary N) is 1. The molecule has 0 unspecified atom stereocenters. The summed E-state index contributed by atoms with van der Waals surface area (Å²) >= 11 is 0. The zero-order valence-electron chi connectivity index (χ0n) is 8.25. The summed E-state index contributed by atoms with van der Waals surface area (Å²) in [6, 6.07) is 5.39. The van der Waals surface area contributed by atoms with Crippen molar-refractivity contribution in [1.82, 2.24) is 0 Å². The molecule has 1 aromatic carbocycles. The number of benzene rings is 1. The molecule has 1 aliphatic carbocycles. The van der Waals surface area contributed by atoms with E-state index in [-0.39, 0.29) is 11.3 Å². The minimum atomic E-state index is -0.286. The quantitative estimate of drug-likeness (QED) is 0.627. The Morgan fingerprint density at radius 2 is 2.20 bits per heavy atom. The second-order valence-electron chi connectivity index (χ2n) is 4.25. The van der Waals surface area contributed by atoms with Crippen molar-refractivity contribution in [2.45, 2.75) is 12.8 Å². The maximum atomic E-state index is 11.8.